The van der Waals surface area contributed by atoms with E-state index in [0.717, 1.165) is 24.2 Å². The molecule has 4 atom stereocenters. The summed E-state index contributed by atoms with van der Waals surface area (Å²) < 4.78 is 23.7. The molecule has 0 saturated heterocycles. The Kier molecular flexibility index (Phi) is 19.7. The van der Waals surface area contributed by atoms with Crippen LogP contribution in [-0.2, 0) is 25.6 Å². The van der Waals surface area contributed by atoms with Crippen LogP contribution in [0.5, 0.6) is 17.2 Å². The van der Waals surface area contributed by atoms with E-state index in [1.807, 2.05) is 30.3 Å². The van der Waals surface area contributed by atoms with E-state index < -0.39 is 53.7 Å². The number of nitrogens with one attached hydrogen (secondary N) is 4. The minimum absolute atomic E-state index is 0.00119. The molecule has 6 rings (SSSR count). The number of nitrogens with zero attached hydrogens (tertiary/aromatic N) is 3. The summed E-state index contributed by atoms with van der Waals surface area (Å²) in [7, 11) is 1.42. The number of benzene rings is 4. The Bertz CT molecular complexity index is 2690. The van der Waals surface area contributed by atoms with Crippen molar-refractivity contribution in [2.45, 2.75) is 76.5 Å². The number of hydrogen-bond donors (Lipinski definition) is 7. The second-order valence-corrected chi connectivity index (χ2v) is 17.3. The lowest BCUT2D eigenvalue weighted by Crippen LogP contribution is -2.56. The molecule has 0 fully saturated rings. The third kappa shape index (κ3) is 14.0. The van der Waals surface area contributed by atoms with Crippen molar-refractivity contribution in [3.63, 3.8) is 0 Å². The molecule has 19 nitrogen and oxygen atoms in total. The van der Waals surface area contributed by atoms with Gasteiger partial charge in [-0.15, -0.1) is 0 Å². The molecular formula is C53H64N10O9. The van der Waals surface area contributed by atoms with Gasteiger partial charge in [0.15, 0.2) is 5.76 Å². The summed E-state index contributed by atoms with van der Waals surface area (Å²) in [5.41, 5.74) is 21.9. The van der Waals surface area contributed by atoms with Gasteiger partial charge >= 0.3 is 0 Å². The zero-order valence-electron chi connectivity index (χ0n) is 40.9. The van der Waals surface area contributed by atoms with Crippen LogP contribution in [0.4, 0.5) is 0 Å². The molecule has 1 aliphatic rings. The van der Waals surface area contributed by atoms with Crippen molar-refractivity contribution in [2.24, 2.45) is 17.2 Å². The Hall–Kier alpha value is -7.79. The quantitative estimate of drug-likeness (QED) is 0.0379. The molecule has 0 radical (unpaired) electrons. The fraction of sp³-hybridized carbons (Fsp3) is 0.377. The van der Waals surface area contributed by atoms with Crippen molar-refractivity contribution in [3.05, 3.63) is 108 Å². The van der Waals surface area contributed by atoms with Gasteiger partial charge in [0.25, 0.3) is 5.91 Å². The van der Waals surface area contributed by atoms with E-state index in [1.165, 1.54) is 31.7 Å². The predicted octanol–water partition coefficient (Wildman–Crippen LogP) is 4.14. The van der Waals surface area contributed by atoms with Gasteiger partial charge in [0, 0.05) is 60.4 Å². The molecule has 1 aromatic heterocycles. The van der Waals surface area contributed by atoms with E-state index in [2.05, 4.69) is 33.3 Å². The molecule has 19 heteroatoms. The van der Waals surface area contributed by atoms with E-state index in [4.69, 9.17) is 35.9 Å². The number of hydrogen-bond acceptors (Lipinski definition) is 14. The molecule has 4 unspecified atom stereocenters. The fourth-order valence-corrected chi connectivity index (χ4v) is 8.15. The number of fused-ring (bicyclic) bond motifs is 5. The highest BCUT2D eigenvalue weighted by Gasteiger charge is 2.36. The van der Waals surface area contributed by atoms with Gasteiger partial charge in [-0.1, -0.05) is 55.6 Å². The summed E-state index contributed by atoms with van der Waals surface area (Å²) in [5, 5.41) is 24.2. The zero-order valence-corrected chi connectivity index (χ0v) is 40.9. The molecule has 4 bridgehead atoms. The van der Waals surface area contributed by atoms with E-state index in [1.54, 1.807) is 66.7 Å². The number of aromatic nitrogens is 1. The molecule has 0 aliphatic carbocycles. The lowest BCUT2D eigenvalue weighted by molar-refractivity contribution is -0.141. The monoisotopic (exact) mass is 984 g/mol. The lowest BCUT2D eigenvalue weighted by atomic mass is 9.93. The van der Waals surface area contributed by atoms with Crippen LogP contribution < -0.4 is 52.7 Å². The Morgan fingerprint density at radius 3 is 2.17 bits per heavy atom. The second-order valence-electron chi connectivity index (χ2n) is 17.3. The predicted molar refractivity (Wildman–Crippen MR) is 270 cm³/mol. The van der Waals surface area contributed by atoms with Gasteiger partial charge in [-0.25, -0.2) is 0 Å². The number of likely N-dealkylation sites (N-methyl/N-ethyl adjacent to an activating group) is 1. The standard InChI is InChI=1S/C53H64N10O9/c1-4-5-6-7-26-69-39-16-13-36(14-17-39)47-32-43(62-72-47)35-9-11-37(12-10-35)50(65)60-42(20-21-54)53(68)63(3)48-38-15-19-46(71-28-24-57)41(31-38)40-29-34(8-18-45(40)70-27-23-56)30-44(51(66)58-25-22-55)61-49(64)33(2)59-52(48)67/h8-19,29,31-33,42,44,48H,4-7,20-21,23-28,30,54,56-57H2,1-3H3,(H,58,66)(H,59,67)(H,60,65)(H,61,64). The van der Waals surface area contributed by atoms with Crippen molar-refractivity contribution in [1.82, 2.24) is 31.3 Å². The maximum atomic E-state index is 14.7. The number of ether oxygens (including phenoxy) is 3. The number of carbonyl (C=O) groups excluding carboxylic acids is 5. The van der Waals surface area contributed by atoms with Crippen molar-refractivity contribution in [2.75, 3.05) is 53.0 Å². The first-order valence-electron chi connectivity index (χ1n) is 24.2. The number of amides is 5. The van der Waals surface area contributed by atoms with Gasteiger partial charge in [0.05, 0.1) is 12.7 Å². The average Bonchev–Trinajstić information content (AvgIpc) is 3.89. The molecule has 0 spiro atoms. The van der Waals surface area contributed by atoms with Gasteiger partial charge in [-0.3, -0.25) is 24.0 Å². The number of unbranched alkanes of at least 4 members (excludes halogenated alkanes) is 3. The summed E-state index contributed by atoms with van der Waals surface area (Å²) in [6.07, 6.45) is 4.50. The summed E-state index contributed by atoms with van der Waals surface area (Å²) in [4.78, 5) is 71.5. The van der Waals surface area contributed by atoms with E-state index in [0.29, 0.717) is 57.4 Å². The van der Waals surface area contributed by atoms with Crippen LogP contribution in [0.2, 0.25) is 0 Å². The molecular weight excluding hydrogens is 921 g/mol. The summed E-state index contributed by atoms with van der Waals surface area (Å²) >= 11 is 0. The number of nitriles is 1. The molecule has 72 heavy (non-hydrogen) atoms. The lowest BCUT2D eigenvalue weighted by Gasteiger charge is -2.32. The maximum Gasteiger partial charge on any atom is 0.251 e. The van der Waals surface area contributed by atoms with Crippen LogP contribution in [0.3, 0.4) is 0 Å². The average molecular weight is 985 g/mol. The van der Waals surface area contributed by atoms with Gasteiger partial charge < -0.3 is 62.1 Å². The van der Waals surface area contributed by atoms with Gasteiger partial charge in [0.2, 0.25) is 23.6 Å². The largest absolute Gasteiger partial charge is 0.494 e. The molecule has 0 saturated carbocycles. The molecule has 5 amide bonds. The minimum atomic E-state index is -1.40. The third-order valence-corrected chi connectivity index (χ3v) is 12.0. The molecule has 380 valence electrons. The highest BCUT2D eigenvalue weighted by molar-refractivity contribution is 5.99. The Morgan fingerprint density at radius 2 is 1.50 bits per heavy atom. The van der Waals surface area contributed by atoms with Crippen molar-refractivity contribution >= 4 is 29.5 Å². The number of nitrogens with two attached hydrogens (primary N) is 3. The van der Waals surface area contributed by atoms with Crippen molar-refractivity contribution in [3.8, 4) is 57.0 Å². The van der Waals surface area contributed by atoms with Crippen LogP contribution >= 0.6 is 0 Å². The summed E-state index contributed by atoms with van der Waals surface area (Å²) in [6, 6.07) is 23.1. The van der Waals surface area contributed by atoms with Crippen LogP contribution in [0.25, 0.3) is 33.7 Å². The Morgan fingerprint density at radius 1 is 0.819 bits per heavy atom. The number of rotatable bonds is 22. The summed E-state index contributed by atoms with van der Waals surface area (Å²) in [5.74, 6) is -1.21. The van der Waals surface area contributed by atoms with Gasteiger partial charge in [-0.2, -0.15) is 5.26 Å². The van der Waals surface area contributed by atoms with Crippen LogP contribution in [0.1, 0.15) is 73.5 Å². The normalized spacial score (nSPS) is 15.9. The molecule has 2 heterocycles. The minimum Gasteiger partial charge on any atom is -0.494 e. The van der Waals surface area contributed by atoms with Crippen LogP contribution in [0, 0.1) is 11.3 Å². The van der Waals surface area contributed by atoms with E-state index in [9.17, 15) is 29.2 Å². The second kappa shape index (κ2) is 26.4. The molecule has 1 aliphatic heterocycles. The van der Waals surface area contributed by atoms with Gasteiger partial charge in [-0.05, 0) is 98.1 Å². The number of carbonyl (C=O) groups is 5. The van der Waals surface area contributed by atoms with E-state index in [-0.39, 0.29) is 57.8 Å². The van der Waals surface area contributed by atoms with Crippen LogP contribution in [0.15, 0.2) is 95.5 Å². The summed E-state index contributed by atoms with van der Waals surface area (Å²) in [6.45, 7) is 4.63. The molecule has 5 aromatic rings. The SMILES string of the molecule is CCCCCCOc1ccc(-c2cc(-c3ccc(C(=O)NC(CCN)C(=O)N(C)C4C(=O)NC(C)C(=O)NC(C(=O)NCC#N)Cc5ccc(OCCN)c(c5)-c5cc4ccc5OCCN)cc3)no2)cc1. The maximum absolute atomic E-state index is 14.7. The first-order chi connectivity index (χ1) is 34.9. The molecule has 10 N–H and O–H groups in total. The third-order valence-electron chi connectivity index (χ3n) is 12.0. The van der Waals surface area contributed by atoms with Crippen LogP contribution in [-0.4, -0.2) is 111 Å². The van der Waals surface area contributed by atoms with Crippen molar-refractivity contribution in [1.29, 1.82) is 5.26 Å². The van der Waals surface area contributed by atoms with E-state index >= 15 is 0 Å². The molecule has 4 aromatic carbocycles. The highest BCUT2D eigenvalue weighted by atomic mass is 16.5. The highest BCUT2D eigenvalue weighted by Crippen LogP contribution is 2.40. The Labute approximate surface area is 419 Å². The fourth-order valence-electron chi connectivity index (χ4n) is 8.15. The first-order valence-corrected chi connectivity index (χ1v) is 24.2. The van der Waals surface area contributed by atoms with Gasteiger partial charge in [0.1, 0.15) is 66.9 Å². The topological polar surface area (TPSA) is 292 Å². The van der Waals surface area contributed by atoms with Crippen molar-refractivity contribution < 1.29 is 42.7 Å². The first kappa shape index (κ1) is 53.6. The smallest absolute Gasteiger partial charge is 0.251 e. The zero-order chi connectivity index (χ0) is 51.6. The Balaban J connectivity index is 1.27.